The van der Waals surface area contributed by atoms with Crippen LogP contribution in [0.15, 0.2) is 59.6 Å². The number of halogens is 1. The standard InChI is InChI=1S/C23H19ClN2O4S/c1-13-8-10-31-22(13)19-18(20(27)16-11-15(30-2)6-7-17(16)24)21(28)23(29)26(19)12-14-5-3-4-9-25-14/h3-11,19,27H,12H2,1-2H3/b20-18+. The predicted octanol–water partition coefficient (Wildman–Crippen LogP) is 4.74. The first-order valence-electron chi connectivity index (χ1n) is 9.48. The van der Waals surface area contributed by atoms with Gasteiger partial charge in [-0.25, -0.2) is 0 Å². The molecule has 0 radical (unpaired) electrons. The normalized spacial score (nSPS) is 17.9. The fourth-order valence-corrected chi connectivity index (χ4v) is 4.86. The number of carbonyl (C=O) groups is 2. The van der Waals surface area contributed by atoms with Crippen LogP contribution in [-0.2, 0) is 16.1 Å². The number of aliphatic hydroxyl groups is 1. The minimum absolute atomic E-state index is 0.00151. The van der Waals surface area contributed by atoms with E-state index in [1.54, 1.807) is 36.5 Å². The monoisotopic (exact) mass is 454 g/mol. The quantitative estimate of drug-likeness (QED) is 0.342. The maximum atomic E-state index is 13.1. The molecule has 1 fully saturated rings. The van der Waals surface area contributed by atoms with Crippen LogP contribution in [0.3, 0.4) is 0 Å². The number of ether oxygens (including phenoxy) is 1. The lowest BCUT2D eigenvalue weighted by atomic mass is 9.98. The number of nitrogens with zero attached hydrogens (tertiary/aromatic N) is 2. The van der Waals surface area contributed by atoms with E-state index in [0.29, 0.717) is 11.4 Å². The van der Waals surface area contributed by atoms with E-state index in [4.69, 9.17) is 16.3 Å². The molecule has 0 aliphatic carbocycles. The van der Waals surface area contributed by atoms with Crippen molar-refractivity contribution in [2.45, 2.75) is 19.5 Å². The van der Waals surface area contributed by atoms with Gasteiger partial charge in [0.15, 0.2) is 0 Å². The van der Waals surface area contributed by atoms with Crippen molar-refractivity contribution < 1.29 is 19.4 Å². The molecule has 31 heavy (non-hydrogen) atoms. The second-order valence-corrected chi connectivity index (χ2v) is 8.42. The Bertz CT molecular complexity index is 1190. The number of pyridine rings is 1. The minimum Gasteiger partial charge on any atom is -0.507 e. The van der Waals surface area contributed by atoms with Crippen molar-refractivity contribution in [2.75, 3.05) is 7.11 Å². The van der Waals surface area contributed by atoms with Gasteiger partial charge in [-0.3, -0.25) is 14.6 Å². The van der Waals surface area contributed by atoms with E-state index >= 15 is 0 Å². The summed E-state index contributed by atoms with van der Waals surface area (Å²) >= 11 is 7.74. The number of benzene rings is 1. The van der Waals surface area contributed by atoms with Gasteiger partial charge in [0, 0.05) is 16.6 Å². The molecule has 1 aliphatic rings. The molecule has 4 rings (SSSR count). The molecule has 1 N–H and O–H groups in total. The third-order valence-corrected chi connectivity index (χ3v) is 6.58. The molecule has 0 spiro atoms. The Labute approximate surface area is 188 Å². The van der Waals surface area contributed by atoms with Crippen molar-refractivity contribution in [3.63, 3.8) is 0 Å². The second kappa shape index (κ2) is 8.53. The Morgan fingerprint density at radius 1 is 1.26 bits per heavy atom. The van der Waals surface area contributed by atoms with E-state index in [9.17, 15) is 14.7 Å². The summed E-state index contributed by atoms with van der Waals surface area (Å²) in [4.78, 5) is 32.7. The molecule has 6 nitrogen and oxygen atoms in total. The van der Waals surface area contributed by atoms with Crippen LogP contribution in [-0.4, -0.2) is 33.8 Å². The Morgan fingerprint density at radius 2 is 2.06 bits per heavy atom. The van der Waals surface area contributed by atoms with Crippen molar-refractivity contribution in [1.29, 1.82) is 0 Å². The average molecular weight is 455 g/mol. The largest absolute Gasteiger partial charge is 0.507 e. The van der Waals surface area contributed by atoms with Crippen LogP contribution in [0, 0.1) is 6.92 Å². The van der Waals surface area contributed by atoms with E-state index in [-0.39, 0.29) is 28.5 Å². The summed E-state index contributed by atoms with van der Waals surface area (Å²) in [5.74, 6) is -1.31. The molecule has 3 aromatic rings. The molecule has 3 heterocycles. The predicted molar refractivity (Wildman–Crippen MR) is 119 cm³/mol. The molecule has 2 aromatic heterocycles. The Morgan fingerprint density at radius 3 is 2.71 bits per heavy atom. The molecular formula is C23H19ClN2O4S. The zero-order valence-electron chi connectivity index (χ0n) is 16.8. The summed E-state index contributed by atoms with van der Waals surface area (Å²) in [5.41, 5.74) is 1.80. The van der Waals surface area contributed by atoms with E-state index in [1.807, 2.05) is 24.4 Å². The van der Waals surface area contributed by atoms with Gasteiger partial charge in [0.05, 0.1) is 29.9 Å². The van der Waals surface area contributed by atoms with Gasteiger partial charge in [0.1, 0.15) is 17.6 Å². The number of carbonyl (C=O) groups excluding carboxylic acids is 2. The number of aryl methyl sites for hydroxylation is 1. The highest BCUT2D eigenvalue weighted by Gasteiger charge is 2.47. The summed E-state index contributed by atoms with van der Waals surface area (Å²) in [7, 11) is 1.49. The molecule has 1 aliphatic heterocycles. The molecular weight excluding hydrogens is 436 g/mol. The fourth-order valence-electron chi connectivity index (χ4n) is 3.60. The number of hydrogen-bond donors (Lipinski definition) is 1. The lowest BCUT2D eigenvalue weighted by Gasteiger charge is -2.24. The zero-order valence-corrected chi connectivity index (χ0v) is 18.4. The molecule has 1 unspecified atom stereocenters. The second-order valence-electron chi connectivity index (χ2n) is 7.06. The number of likely N-dealkylation sites (tertiary alicyclic amines) is 1. The lowest BCUT2D eigenvalue weighted by Crippen LogP contribution is -2.29. The highest BCUT2D eigenvalue weighted by molar-refractivity contribution is 7.10. The first-order chi connectivity index (χ1) is 14.9. The van der Waals surface area contributed by atoms with Gasteiger partial charge in [-0.05, 0) is 54.3 Å². The van der Waals surface area contributed by atoms with Gasteiger partial charge in [0.25, 0.3) is 11.7 Å². The molecule has 0 saturated carbocycles. The van der Waals surface area contributed by atoms with Crippen molar-refractivity contribution >= 4 is 40.4 Å². The van der Waals surface area contributed by atoms with Crippen molar-refractivity contribution in [3.8, 4) is 5.75 Å². The number of thiophene rings is 1. The lowest BCUT2D eigenvalue weighted by molar-refractivity contribution is -0.140. The van der Waals surface area contributed by atoms with E-state index in [0.717, 1.165) is 10.4 Å². The van der Waals surface area contributed by atoms with Gasteiger partial charge >= 0.3 is 0 Å². The van der Waals surface area contributed by atoms with Crippen LogP contribution in [0.1, 0.15) is 27.7 Å². The van der Waals surface area contributed by atoms with Gasteiger partial charge in [-0.2, -0.15) is 0 Å². The topological polar surface area (TPSA) is 79.7 Å². The zero-order chi connectivity index (χ0) is 22.1. The summed E-state index contributed by atoms with van der Waals surface area (Å²) in [6, 6.07) is 11.3. The third kappa shape index (κ3) is 3.82. The molecule has 8 heteroatoms. The number of rotatable bonds is 5. The Kier molecular flexibility index (Phi) is 5.80. The number of amides is 1. The SMILES string of the molecule is COc1ccc(Cl)c(/C(O)=C2\C(=O)C(=O)N(Cc3ccccn3)C2c2sccc2C)c1. The molecule has 1 atom stereocenters. The first kappa shape index (κ1) is 21.1. The van der Waals surface area contributed by atoms with E-state index < -0.39 is 17.7 Å². The summed E-state index contributed by atoms with van der Waals surface area (Å²) in [5, 5.41) is 13.3. The molecule has 158 valence electrons. The van der Waals surface area contributed by atoms with Gasteiger partial charge in [-0.15, -0.1) is 11.3 Å². The average Bonchev–Trinajstić information content (AvgIpc) is 3.30. The maximum absolute atomic E-state index is 13.1. The smallest absolute Gasteiger partial charge is 0.296 e. The maximum Gasteiger partial charge on any atom is 0.296 e. The summed E-state index contributed by atoms with van der Waals surface area (Å²) in [6.07, 6.45) is 1.63. The van der Waals surface area contributed by atoms with Crippen molar-refractivity contribution in [3.05, 3.63) is 86.3 Å². The minimum atomic E-state index is -0.759. The summed E-state index contributed by atoms with van der Waals surface area (Å²) in [6.45, 7) is 2.04. The van der Waals surface area contributed by atoms with Crippen LogP contribution < -0.4 is 4.74 Å². The van der Waals surface area contributed by atoms with Gasteiger partial charge in [0.2, 0.25) is 0 Å². The van der Waals surface area contributed by atoms with Crippen LogP contribution in [0.25, 0.3) is 5.76 Å². The Balaban J connectivity index is 1.90. The van der Waals surface area contributed by atoms with Gasteiger partial charge in [-0.1, -0.05) is 17.7 Å². The molecule has 1 saturated heterocycles. The fraction of sp³-hybridized carbons (Fsp3) is 0.174. The van der Waals surface area contributed by atoms with Crippen molar-refractivity contribution in [1.82, 2.24) is 9.88 Å². The molecule has 1 amide bonds. The molecule has 1 aromatic carbocycles. The third-order valence-electron chi connectivity index (χ3n) is 5.18. The highest BCUT2D eigenvalue weighted by Crippen LogP contribution is 2.44. The number of methoxy groups -OCH3 is 1. The summed E-state index contributed by atoms with van der Waals surface area (Å²) < 4.78 is 5.23. The van der Waals surface area contributed by atoms with Crippen LogP contribution >= 0.6 is 22.9 Å². The highest BCUT2D eigenvalue weighted by atomic mass is 35.5. The van der Waals surface area contributed by atoms with E-state index in [2.05, 4.69) is 4.98 Å². The number of Topliss-reactive ketones (excluding diaryl/α,β-unsaturated/α-hetero) is 1. The van der Waals surface area contributed by atoms with Crippen LogP contribution in [0.2, 0.25) is 5.02 Å². The van der Waals surface area contributed by atoms with Crippen LogP contribution in [0.5, 0.6) is 5.75 Å². The number of ketones is 1. The molecule has 0 bridgehead atoms. The van der Waals surface area contributed by atoms with Crippen molar-refractivity contribution in [2.24, 2.45) is 0 Å². The van der Waals surface area contributed by atoms with Gasteiger partial charge < -0.3 is 14.7 Å². The number of hydrogen-bond acceptors (Lipinski definition) is 6. The number of aliphatic hydroxyl groups excluding tert-OH is 1. The first-order valence-corrected chi connectivity index (χ1v) is 10.7. The Hall–Kier alpha value is -3.16. The van der Waals surface area contributed by atoms with E-state index in [1.165, 1.54) is 23.3 Å². The van der Waals surface area contributed by atoms with Crippen LogP contribution in [0.4, 0.5) is 0 Å². The number of aromatic nitrogens is 1.